The van der Waals surface area contributed by atoms with Crippen molar-refractivity contribution in [1.82, 2.24) is 0 Å². The van der Waals surface area contributed by atoms with Gasteiger partial charge in [0.05, 0.1) is 0 Å². The first-order valence-corrected chi connectivity index (χ1v) is 21.0. The third kappa shape index (κ3) is 11.2. The third-order valence-corrected chi connectivity index (χ3v) is 9.08. The number of hydrogen-bond donors (Lipinski definition) is 0. The molecule has 0 aliphatic carbocycles. The Hall–Kier alpha value is -6.64. The van der Waals surface area contributed by atoms with E-state index in [1.807, 2.05) is 55.4 Å². The molecule has 0 atom stereocenters. The molecule has 8 aromatic carbocycles. The zero-order valence-electron chi connectivity index (χ0n) is 35.7. The minimum Gasteiger partial charge on any atom is -0.311 e. The van der Waals surface area contributed by atoms with Crippen LogP contribution in [-0.2, 0) is 0 Å². The highest BCUT2D eigenvalue weighted by Gasteiger charge is 2.13. The maximum absolute atomic E-state index is 2.29. The van der Waals surface area contributed by atoms with Gasteiger partial charge in [-0.05, 0) is 106 Å². The minimum absolute atomic E-state index is 1.13. The molecule has 0 heterocycles. The number of hydrogen-bond acceptors (Lipinski definition) is 2. The van der Waals surface area contributed by atoms with E-state index in [2.05, 4.69) is 228 Å². The summed E-state index contributed by atoms with van der Waals surface area (Å²) in [5.41, 5.74) is 14.0. The van der Waals surface area contributed by atoms with Crippen LogP contribution in [-0.4, -0.2) is 0 Å². The average molecular weight is 761 g/mol. The predicted octanol–water partition coefficient (Wildman–Crippen LogP) is 17.7. The van der Waals surface area contributed by atoms with Crippen molar-refractivity contribution in [3.05, 3.63) is 218 Å². The van der Waals surface area contributed by atoms with Crippen LogP contribution < -0.4 is 9.80 Å². The quantitative estimate of drug-likeness (QED) is 0.145. The van der Waals surface area contributed by atoms with Crippen molar-refractivity contribution >= 4 is 34.1 Å². The number of benzene rings is 8. The molecule has 0 aromatic heterocycles. The summed E-state index contributed by atoms with van der Waals surface area (Å²) < 4.78 is 0. The van der Waals surface area contributed by atoms with E-state index in [9.17, 15) is 0 Å². The highest BCUT2D eigenvalue weighted by molar-refractivity contribution is 5.80. The Morgan fingerprint density at radius 1 is 0.172 bits per heavy atom. The molecule has 0 aliphatic heterocycles. The monoisotopic (exact) mass is 760 g/mol. The van der Waals surface area contributed by atoms with E-state index < -0.39 is 0 Å². The van der Waals surface area contributed by atoms with Crippen LogP contribution in [0, 0.1) is 0 Å². The van der Waals surface area contributed by atoms with Crippen LogP contribution in [0.2, 0.25) is 0 Å². The Morgan fingerprint density at radius 3 is 0.483 bits per heavy atom. The molecule has 2 heteroatoms. The van der Waals surface area contributed by atoms with Crippen molar-refractivity contribution in [2.24, 2.45) is 0 Å². The summed E-state index contributed by atoms with van der Waals surface area (Å²) in [6.45, 7) is 16.0. The summed E-state index contributed by atoms with van der Waals surface area (Å²) in [4.78, 5) is 4.57. The molecule has 0 fully saturated rings. The zero-order chi connectivity index (χ0) is 41.5. The summed E-state index contributed by atoms with van der Waals surface area (Å²) >= 11 is 0. The molecule has 8 rings (SSSR count). The van der Waals surface area contributed by atoms with Crippen molar-refractivity contribution in [2.45, 2.75) is 55.4 Å². The van der Waals surface area contributed by atoms with Crippen molar-refractivity contribution in [3.8, 4) is 33.4 Å². The Morgan fingerprint density at radius 2 is 0.310 bits per heavy atom. The first kappa shape index (κ1) is 44.1. The van der Waals surface area contributed by atoms with Crippen LogP contribution in [0.25, 0.3) is 33.4 Å². The second-order valence-corrected chi connectivity index (χ2v) is 12.3. The lowest BCUT2D eigenvalue weighted by Gasteiger charge is -2.25. The lowest BCUT2D eigenvalue weighted by molar-refractivity contribution is 1.28. The van der Waals surface area contributed by atoms with Crippen molar-refractivity contribution < 1.29 is 0 Å². The molecule has 0 saturated heterocycles. The summed E-state index contributed by atoms with van der Waals surface area (Å²) in [5.74, 6) is 0. The van der Waals surface area contributed by atoms with E-state index in [0.29, 0.717) is 0 Å². The molecule has 0 saturated carbocycles. The van der Waals surface area contributed by atoms with Gasteiger partial charge in [0.1, 0.15) is 0 Å². The molecular formula is C56H60N2. The predicted molar refractivity (Wildman–Crippen MR) is 258 cm³/mol. The topological polar surface area (TPSA) is 6.48 Å². The molecule has 8 aromatic rings. The number of rotatable bonds is 9. The SMILES string of the molecule is CC.CC.CC.CC.c1ccc(N(c2ccccc2)c2ccc(-c3ccc(-c4ccc(-c5ccc(N(c6ccccc6)c6ccccc6)cc5)cc4)cc3)cc2)cc1. The third-order valence-electron chi connectivity index (χ3n) is 9.08. The summed E-state index contributed by atoms with van der Waals surface area (Å²) in [6.07, 6.45) is 0. The van der Waals surface area contributed by atoms with E-state index in [4.69, 9.17) is 0 Å². The molecule has 0 bridgehead atoms. The lowest BCUT2D eigenvalue weighted by atomic mass is 9.98. The van der Waals surface area contributed by atoms with Crippen LogP contribution in [0.15, 0.2) is 218 Å². The highest BCUT2D eigenvalue weighted by Crippen LogP contribution is 2.37. The van der Waals surface area contributed by atoms with Gasteiger partial charge in [-0.2, -0.15) is 0 Å². The minimum atomic E-state index is 1.13. The number of nitrogens with zero attached hydrogens (tertiary/aromatic N) is 2. The Labute approximate surface area is 349 Å². The van der Waals surface area contributed by atoms with Gasteiger partial charge in [-0.25, -0.2) is 0 Å². The molecule has 0 aliphatic rings. The average Bonchev–Trinajstić information content (AvgIpc) is 3.34. The van der Waals surface area contributed by atoms with Crippen LogP contribution in [0.4, 0.5) is 34.1 Å². The first-order valence-electron chi connectivity index (χ1n) is 21.0. The van der Waals surface area contributed by atoms with E-state index >= 15 is 0 Å². The Kier molecular flexibility index (Phi) is 18.3. The molecular weight excluding hydrogens is 701 g/mol. The zero-order valence-corrected chi connectivity index (χ0v) is 35.7. The van der Waals surface area contributed by atoms with Crippen molar-refractivity contribution in [3.63, 3.8) is 0 Å². The molecule has 294 valence electrons. The molecule has 58 heavy (non-hydrogen) atoms. The van der Waals surface area contributed by atoms with Crippen molar-refractivity contribution in [2.75, 3.05) is 9.80 Å². The number of anilines is 6. The van der Waals surface area contributed by atoms with Crippen LogP contribution in [0.1, 0.15) is 55.4 Å². The summed E-state index contributed by atoms with van der Waals surface area (Å²) in [6, 6.07) is 77.4. The van der Waals surface area contributed by atoms with E-state index in [1.54, 1.807) is 0 Å². The van der Waals surface area contributed by atoms with Crippen LogP contribution in [0.3, 0.4) is 0 Å². The fourth-order valence-electron chi connectivity index (χ4n) is 6.52. The summed E-state index contributed by atoms with van der Waals surface area (Å²) in [7, 11) is 0. The van der Waals surface area contributed by atoms with Gasteiger partial charge >= 0.3 is 0 Å². The molecule has 0 radical (unpaired) electrons. The lowest BCUT2D eigenvalue weighted by Crippen LogP contribution is -2.09. The van der Waals surface area contributed by atoms with Gasteiger partial charge in [0.2, 0.25) is 0 Å². The summed E-state index contributed by atoms with van der Waals surface area (Å²) in [5, 5.41) is 0. The van der Waals surface area contributed by atoms with Gasteiger partial charge in [0.25, 0.3) is 0 Å². The number of para-hydroxylation sites is 4. The van der Waals surface area contributed by atoms with E-state index in [0.717, 1.165) is 34.1 Å². The first-order chi connectivity index (χ1) is 28.8. The maximum atomic E-state index is 2.29. The maximum Gasteiger partial charge on any atom is 0.0462 e. The largest absolute Gasteiger partial charge is 0.311 e. The molecule has 0 N–H and O–H groups in total. The van der Waals surface area contributed by atoms with E-state index in [1.165, 1.54) is 33.4 Å². The second kappa shape index (κ2) is 24.1. The highest BCUT2D eigenvalue weighted by atomic mass is 15.1. The van der Waals surface area contributed by atoms with Gasteiger partial charge in [-0.15, -0.1) is 0 Å². The van der Waals surface area contributed by atoms with Gasteiger partial charge in [0, 0.05) is 34.1 Å². The molecule has 0 unspecified atom stereocenters. The Balaban J connectivity index is 0.000000878. The van der Waals surface area contributed by atoms with Gasteiger partial charge < -0.3 is 9.80 Å². The molecule has 2 nitrogen and oxygen atoms in total. The Bertz CT molecular complexity index is 2000. The van der Waals surface area contributed by atoms with Crippen molar-refractivity contribution in [1.29, 1.82) is 0 Å². The van der Waals surface area contributed by atoms with Gasteiger partial charge in [0.15, 0.2) is 0 Å². The second-order valence-electron chi connectivity index (χ2n) is 12.3. The smallest absolute Gasteiger partial charge is 0.0462 e. The van der Waals surface area contributed by atoms with Gasteiger partial charge in [-0.3, -0.25) is 0 Å². The molecule has 0 amide bonds. The standard InChI is InChI=1S/C48H36N2.4C2H6/c1-5-13-43(14-6-1)49(44-15-7-2-8-16-44)47-33-29-41(30-34-47)39-25-21-37(22-26-39)38-23-27-40(28-24-38)42-31-35-48(36-32-42)50(45-17-9-3-10-18-45)46-19-11-4-12-20-46;4*1-2/h1-36H;4*1-2H3. The fraction of sp³-hybridized carbons (Fsp3) is 0.143. The van der Waals surface area contributed by atoms with E-state index in [-0.39, 0.29) is 0 Å². The fourth-order valence-corrected chi connectivity index (χ4v) is 6.52. The van der Waals surface area contributed by atoms with Crippen LogP contribution in [0.5, 0.6) is 0 Å². The van der Waals surface area contributed by atoms with Crippen LogP contribution >= 0.6 is 0 Å². The molecule has 0 spiro atoms. The normalized spacial score (nSPS) is 9.72. The van der Waals surface area contributed by atoms with Gasteiger partial charge in [-0.1, -0.05) is 201 Å².